The summed E-state index contributed by atoms with van der Waals surface area (Å²) < 4.78 is 5.31. The summed E-state index contributed by atoms with van der Waals surface area (Å²) in [6, 6.07) is 12.6. The molecule has 3 amide bonds. The molecule has 7 nitrogen and oxygen atoms in total. The van der Waals surface area contributed by atoms with Gasteiger partial charge in [-0.05, 0) is 68.4 Å². The van der Waals surface area contributed by atoms with E-state index in [9.17, 15) is 9.59 Å². The molecule has 0 atom stereocenters. The van der Waals surface area contributed by atoms with Crippen LogP contribution in [0.3, 0.4) is 0 Å². The minimum atomic E-state index is -0.379. The summed E-state index contributed by atoms with van der Waals surface area (Å²) in [5.41, 5.74) is 2.81. The lowest BCUT2D eigenvalue weighted by Gasteiger charge is -2.34. The smallest absolute Gasteiger partial charge is 0.323 e. The molecule has 176 valence electrons. The number of amides is 3. The topological polar surface area (TPSA) is 73.9 Å². The minimum absolute atomic E-state index is 0.0521. The minimum Gasteiger partial charge on any atom is -0.495 e. The third-order valence-corrected chi connectivity index (χ3v) is 6.61. The Hall–Kier alpha value is -3.22. The van der Waals surface area contributed by atoms with Gasteiger partial charge in [-0.15, -0.1) is 0 Å². The van der Waals surface area contributed by atoms with Crippen molar-refractivity contribution < 1.29 is 14.3 Å². The lowest BCUT2D eigenvalue weighted by atomic mass is 9.98. The van der Waals surface area contributed by atoms with Gasteiger partial charge >= 0.3 is 6.03 Å². The molecule has 0 unspecified atom stereocenters. The number of benzene rings is 2. The number of urea groups is 1. The molecule has 2 saturated heterocycles. The zero-order chi connectivity index (χ0) is 23.2. The van der Waals surface area contributed by atoms with E-state index in [-0.39, 0.29) is 11.9 Å². The lowest BCUT2D eigenvalue weighted by molar-refractivity contribution is 0.0697. The molecule has 2 fully saturated rings. The monoisotopic (exact) mass is 450 g/mol. The van der Waals surface area contributed by atoms with Crippen molar-refractivity contribution in [1.29, 1.82) is 0 Å². The van der Waals surface area contributed by atoms with Gasteiger partial charge in [-0.1, -0.05) is 19.1 Å². The van der Waals surface area contributed by atoms with Gasteiger partial charge in [0, 0.05) is 37.6 Å². The average molecular weight is 451 g/mol. The van der Waals surface area contributed by atoms with Crippen molar-refractivity contribution in [3.8, 4) is 5.75 Å². The van der Waals surface area contributed by atoms with Crippen LogP contribution in [0.25, 0.3) is 0 Å². The maximum absolute atomic E-state index is 13.5. The van der Waals surface area contributed by atoms with Crippen LogP contribution >= 0.6 is 0 Å². The van der Waals surface area contributed by atoms with E-state index in [4.69, 9.17) is 4.74 Å². The van der Waals surface area contributed by atoms with Crippen LogP contribution in [0, 0.1) is 5.92 Å². The van der Waals surface area contributed by atoms with Gasteiger partial charge in [-0.2, -0.15) is 0 Å². The van der Waals surface area contributed by atoms with Gasteiger partial charge in [-0.3, -0.25) is 4.79 Å². The first-order valence-electron chi connectivity index (χ1n) is 11.9. The van der Waals surface area contributed by atoms with Crippen LogP contribution < -0.4 is 20.3 Å². The molecule has 33 heavy (non-hydrogen) atoms. The van der Waals surface area contributed by atoms with E-state index in [1.165, 1.54) is 6.42 Å². The molecule has 2 aromatic carbocycles. The average Bonchev–Trinajstić information content (AvgIpc) is 2.85. The number of nitrogens with one attached hydrogen (secondary N) is 2. The van der Waals surface area contributed by atoms with Crippen LogP contribution in [-0.4, -0.2) is 50.1 Å². The number of anilines is 3. The lowest BCUT2D eigenvalue weighted by Crippen LogP contribution is -2.39. The quantitative estimate of drug-likeness (QED) is 0.657. The SMILES string of the molecule is COc1ccccc1NC(=O)Nc1ccc(N2CCCCC2)c(C(=O)N2CCC(C)CC2)c1. The summed E-state index contributed by atoms with van der Waals surface area (Å²) in [6.45, 7) is 5.72. The largest absolute Gasteiger partial charge is 0.495 e. The molecule has 2 aliphatic rings. The number of carbonyl (C=O) groups is 2. The number of methoxy groups -OCH3 is 1. The molecule has 2 N–H and O–H groups in total. The number of hydrogen-bond acceptors (Lipinski definition) is 4. The summed E-state index contributed by atoms with van der Waals surface area (Å²) in [5.74, 6) is 1.29. The molecule has 0 bridgehead atoms. The maximum atomic E-state index is 13.5. The van der Waals surface area contributed by atoms with Crippen LogP contribution in [0.2, 0.25) is 0 Å². The highest BCUT2D eigenvalue weighted by Gasteiger charge is 2.26. The molecule has 0 saturated carbocycles. The Bertz CT molecular complexity index is 979. The first-order valence-corrected chi connectivity index (χ1v) is 11.9. The van der Waals surface area contributed by atoms with Crippen molar-refractivity contribution in [2.45, 2.75) is 39.0 Å². The van der Waals surface area contributed by atoms with Crippen molar-refractivity contribution in [2.75, 3.05) is 48.8 Å². The van der Waals surface area contributed by atoms with E-state index in [0.717, 1.165) is 57.5 Å². The van der Waals surface area contributed by atoms with Crippen molar-refractivity contribution in [1.82, 2.24) is 4.90 Å². The Labute approximate surface area is 196 Å². The molecule has 0 aromatic heterocycles. The highest BCUT2D eigenvalue weighted by atomic mass is 16.5. The van der Waals surface area contributed by atoms with Gasteiger partial charge in [0.2, 0.25) is 0 Å². The Morgan fingerprint density at radius 3 is 2.39 bits per heavy atom. The fourth-order valence-corrected chi connectivity index (χ4v) is 4.61. The number of carbonyl (C=O) groups excluding carboxylic acids is 2. The van der Waals surface area contributed by atoms with Crippen LogP contribution in [0.4, 0.5) is 21.9 Å². The summed E-state index contributed by atoms with van der Waals surface area (Å²) >= 11 is 0. The zero-order valence-corrected chi connectivity index (χ0v) is 19.6. The van der Waals surface area contributed by atoms with E-state index in [1.54, 1.807) is 19.2 Å². The number of rotatable bonds is 5. The Morgan fingerprint density at radius 1 is 0.939 bits per heavy atom. The maximum Gasteiger partial charge on any atom is 0.323 e. The first-order chi connectivity index (χ1) is 16.0. The van der Waals surface area contributed by atoms with Gasteiger partial charge in [-0.25, -0.2) is 4.79 Å². The van der Waals surface area contributed by atoms with Crippen molar-refractivity contribution in [3.05, 3.63) is 48.0 Å². The highest BCUT2D eigenvalue weighted by Crippen LogP contribution is 2.30. The molecular weight excluding hydrogens is 416 g/mol. The number of likely N-dealkylation sites (tertiary alicyclic amines) is 1. The number of ether oxygens (including phenoxy) is 1. The van der Waals surface area contributed by atoms with Gasteiger partial charge in [0.15, 0.2) is 0 Å². The highest BCUT2D eigenvalue weighted by molar-refractivity contribution is 6.04. The van der Waals surface area contributed by atoms with Crippen molar-refractivity contribution >= 4 is 29.0 Å². The van der Waals surface area contributed by atoms with E-state index >= 15 is 0 Å². The van der Waals surface area contributed by atoms with E-state index in [1.807, 2.05) is 35.2 Å². The van der Waals surface area contributed by atoms with Crippen LogP contribution in [-0.2, 0) is 0 Å². The van der Waals surface area contributed by atoms with Gasteiger partial charge in [0.1, 0.15) is 5.75 Å². The molecular formula is C26H34N4O3. The van der Waals surface area contributed by atoms with E-state index < -0.39 is 0 Å². The molecule has 7 heteroatoms. The summed E-state index contributed by atoms with van der Waals surface area (Å²) in [5, 5.41) is 5.71. The fraction of sp³-hybridized carbons (Fsp3) is 0.462. The molecule has 4 rings (SSSR count). The third kappa shape index (κ3) is 5.59. The summed E-state index contributed by atoms with van der Waals surface area (Å²) in [7, 11) is 1.57. The molecule has 2 aromatic rings. The normalized spacial score (nSPS) is 16.9. The second kappa shape index (κ2) is 10.6. The molecule has 2 aliphatic heterocycles. The predicted octanol–water partition coefficient (Wildman–Crippen LogP) is 5.20. The Morgan fingerprint density at radius 2 is 1.67 bits per heavy atom. The molecule has 0 radical (unpaired) electrons. The molecule has 0 spiro atoms. The van der Waals surface area contributed by atoms with Crippen molar-refractivity contribution in [2.24, 2.45) is 5.92 Å². The number of nitrogens with zero attached hydrogens (tertiary/aromatic N) is 2. The van der Waals surface area contributed by atoms with Gasteiger partial charge in [0.05, 0.1) is 18.4 Å². The van der Waals surface area contributed by atoms with E-state index in [2.05, 4.69) is 22.5 Å². The van der Waals surface area contributed by atoms with Crippen LogP contribution in [0.1, 0.15) is 49.4 Å². The fourth-order valence-electron chi connectivity index (χ4n) is 4.61. The molecule has 2 heterocycles. The summed E-state index contributed by atoms with van der Waals surface area (Å²) in [4.78, 5) is 30.5. The zero-order valence-electron chi connectivity index (χ0n) is 19.6. The van der Waals surface area contributed by atoms with Gasteiger partial charge < -0.3 is 25.2 Å². The van der Waals surface area contributed by atoms with Gasteiger partial charge in [0.25, 0.3) is 5.91 Å². The standard InChI is InChI=1S/C26H34N4O3/c1-19-12-16-30(17-13-19)25(31)21-18-20(10-11-23(21)29-14-6-3-7-15-29)27-26(32)28-22-8-4-5-9-24(22)33-2/h4-5,8-11,18-19H,3,6-7,12-17H2,1-2H3,(H2,27,28,32). The van der Waals surface area contributed by atoms with Crippen LogP contribution in [0.15, 0.2) is 42.5 Å². The van der Waals surface area contributed by atoms with Crippen molar-refractivity contribution in [3.63, 3.8) is 0 Å². The Balaban J connectivity index is 1.55. The predicted molar refractivity (Wildman–Crippen MR) is 132 cm³/mol. The van der Waals surface area contributed by atoms with Crippen LogP contribution in [0.5, 0.6) is 5.75 Å². The second-order valence-electron chi connectivity index (χ2n) is 9.03. The third-order valence-electron chi connectivity index (χ3n) is 6.61. The first kappa shape index (κ1) is 23.0. The van der Waals surface area contributed by atoms with E-state index in [0.29, 0.717) is 28.6 Å². The number of hydrogen-bond donors (Lipinski definition) is 2. The number of piperidine rings is 2. The second-order valence-corrected chi connectivity index (χ2v) is 9.03. The molecule has 0 aliphatic carbocycles. The Kier molecular flexibility index (Phi) is 7.37. The summed E-state index contributed by atoms with van der Waals surface area (Å²) in [6.07, 6.45) is 5.56. The number of para-hydroxylation sites is 2.